The third-order valence-corrected chi connectivity index (χ3v) is 2.26. The number of amides is 1. The molecule has 0 radical (unpaired) electrons. The Morgan fingerprint density at radius 2 is 2.07 bits per heavy atom. The molecule has 0 spiro atoms. The van der Waals surface area contributed by atoms with E-state index in [0.717, 1.165) is 11.1 Å². The summed E-state index contributed by atoms with van der Waals surface area (Å²) in [7, 11) is 1.50. The summed E-state index contributed by atoms with van der Waals surface area (Å²) in [5, 5.41) is 2.83. The van der Waals surface area contributed by atoms with Crippen molar-refractivity contribution in [1.29, 1.82) is 0 Å². The average molecular weight is 214 g/mol. The minimum Gasteiger partial charge on any atom is -0.409 e. The van der Waals surface area contributed by atoms with Crippen molar-refractivity contribution in [3.8, 4) is 5.75 Å². The molecule has 1 rings (SSSR count). The van der Waals surface area contributed by atoms with Crippen molar-refractivity contribution in [1.82, 2.24) is 5.32 Å². The smallest absolute Gasteiger partial charge is 0.409 e. The van der Waals surface area contributed by atoms with Gasteiger partial charge in [0.05, 0.1) is 5.02 Å². The topological polar surface area (TPSA) is 38.3 Å². The number of aryl methyl sites for hydroxylation is 2. The number of benzene rings is 1. The van der Waals surface area contributed by atoms with Crippen LogP contribution in [-0.2, 0) is 0 Å². The summed E-state index contributed by atoms with van der Waals surface area (Å²) in [6.07, 6.45) is -0.517. The summed E-state index contributed by atoms with van der Waals surface area (Å²) in [5.41, 5.74) is 1.90. The molecular weight excluding hydrogens is 202 g/mol. The van der Waals surface area contributed by atoms with Crippen LogP contribution in [0.25, 0.3) is 0 Å². The first-order chi connectivity index (χ1) is 6.54. The van der Waals surface area contributed by atoms with Gasteiger partial charge in [-0.05, 0) is 31.0 Å². The molecule has 0 saturated carbocycles. The molecule has 14 heavy (non-hydrogen) atoms. The Kier molecular flexibility index (Phi) is 3.36. The number of rotatable bonds is 1. The molecule has 3 nitrogen and oxygen atoms in total. The molecule has 1 N–H and O–H groups in total. The number of carbonyl (C=O) groups excluding carboxylic acids is 1. The van der Waals surface area contributed by atoms with Crippen molar-refractivity contribution in [3.63, 3.8) is 0 Å². The molecule has 0 aromatic heterocycles. The third kappa shape index (κ3) is 2.39. The monoisotopic (exact) mass is 213 g/mol. The molecule has 0 aliphatic carbocycles. The molecule has 0 bridgehead atoms. The minimum absolute atomic E-state index is 0.392. The highest BCUT2D eigenvalue weighted by Gasteiger charge is 2.09. The third-order valence-electron chi connectivity index (χ3n) is 1.77. The van der Waals surface area contributed by atoms with Gasteiger partial charge in [0.1, 0.15) is 0 Å². The number of hydrogen-bond acceptors (Lipinski definition) is 2. The number of ether oxygens (including phenoxy) is 1. The fraction of sp³-hybridized carbons (Fsp3) is 0.300. The molecule has 1 aromatic carbocycles. The van der Waals surface area contributed by atoms with Crippen LogP contribution in [0.4, 0.5) is 4.79 Å². The maximum Gasteiger partial charge on any atom is 0.412 e. The van der Waals surface area contributed by atoms with E-state index in [1.807, 2.05) is 19.9 Å². The first kappa shape index (κ1) is 10.9. The molecule has 0 heterocycles. The molecule has 0 aliphatic heterocycles. The van der Waals surface area contributed by atoms with Gasteiger partial charge in [-0.1, -0.05) is 17.7 Å². The highest BCUT2D eigenvalue weighted by Crippen LogP contribution is 2.29. The standard InChI is InChI=1S/C10H12ClNO2/c1-6-4-7(2)9(11)8(5-6)14-10(13)12-3/h4-5H,1-3H3,(H,12,13). The number of hydrogen-bond donors (Lipinski definition) is 1. The summed E-state index contributed by atoms with van der Waals surface area (Å²) in [4.78, 5) is 11.0. The zero-order chi connectivity index (χ0) is 10.7. The van der Waals surface area contributed by atoms with Gasteiger partial charge in [0.15, 0.2) is 5.75 Å². The fourth-order valence-corrected chi connectivity index (χ4v) is 1.28. The van der Waals surface area contributed by atoms with E-state index in [9.17, 15) is 4.79 Å². The summed E-state index contributed by atoms with van der Waals surface area (Å²) in [5.74, 6) is 0.392. The van der Waals surface area contributed by atoms with Gasteiger partial charge in [-0.2, -0.15) is 0 Å². The fourth-order valence-electron chi connectivity index (χ4n) is 1.14. The molecule has 0 fully saturated rings. The molecule has 0 unspecified atom stereocenters. The van der Waals surface area contributed by atoms with E-state index >= 15 is 0 Å². The molecule has 76 valence electrons. The van der Waals surface area contributed by atoms with Gasteiger partial charge in [0.2, 0.25) is 0 Å². The summed E-state index contributed by atoms with van der Waals surface area (Å²) in [6, 6.07) is 3.66. The lowest BCUT2D eigenvalue weighted by molar-refractivity contribution is 0.203. The number of halogens is 1. The Morgan fingerprint density at radius 1 is 1.43 bits per heavy atom. The lowest BCUT2D eigenvalue weighted by atomic mass is 10.1. The Morgan fingerprint density at radius 3 is 2.64 bits per heavy atom. The van der Waals surface area contributed by atoms with Crippen molar-refractivity contribution in [2.45, 2.75) is 13.8 Å². The second kappa shape index (κ2) is 4.33. The van der Waals surface area contributed by atoms with Crippen LogP contribution < -0.4 is 10.1 Å². The van der Waals surface area contributed by atoms with Crippen molar-refractivity contribution < 1.29 is 9.53 Å². The van der Waals surface area contributed by atoms with Crippen LogP contribution in [0, 0.1) is 13.8 Å². The van der Waals surface area contributed by atoms with E-state index < -0.39 is 6.09 Å². The molecule has 0 atom stereocenters. The van der Waals surface area contributed by atoms with E-state index in [0.29, 0.717) is 10.8 Å². The van der Waals surface area contributed by atoms with Gasteiger partial charge in [0, 0.05) is 7.05 Å². The van der Waals surface area contributed by atoms with Crippen LogP contribution in [0.15, 0.2) is 12.1 Å². The van der Waals surface area contributed by atoms with Gasteiger partial charge in [-0.15, -0.1) is 0 Å². The quantitative estimate of drug-likeness (QED) is 0.779. The van der Waals surface area contributed by atoms with Crippen LogP contribution in [0.5, 0.6) is 5.75 Å². The van der Waals surface area contributed by atoms with Gasteiger partial charge >= 0.3 is 6.09 Å². The Labute approximate surface area is 88.0 Å². The van der Waals surface area contributed by atoms with E-state index in [2.05, 4.69) is 5.32 Å². The Hall–Kier alpha value is -1.22. The van der Waals surface area contributed by atoms with Crippen LogP contribution in [0.3, 0.4) is 0 Å². The molecule has 4 heteroatoms. The summed E-state index contributed by atoms with van der Waals surface area (Å²) in [6.45, 7) is 3.78. The van der Waals surface area contributed by atoms with Crippen molar-refractivity contribution in [2.75, 3.05) is 7.05 Å². The van der Waals surface area contributed by atoms with Gasteiger partial charge in [-0.25, -0.2) is 4.79 Å². The normalized spacial score (nSPS) is 9.71. The van der Waals surface area contributed by atoms with E-state index in [4.69, 9.17) is 16.3 Å². The van der Waals surface area contributed by atoms with E-state index in [-0.39, 0.29) is 0 Å². The average Bonchev–Trinajstić information content (AvgIpc) is 2.13. The number of nitrogens with one attached hydrogen (secondary N) is 1. The first-order valence-electron chi connectivity index (χ1n) is 4.21. The maximum atomic E-state index is 11.0. The summed E-state index contributed by atoms with van der Waals surface area (Å²) >= 11 is 5.96. The predicted octanol–water partition coefficient (Wildman–Crippen LogP) is 2.68. The van der Waals surface area contributed by atoms with Crippen LogP contribution in [0.1, 0.15) is 11.1 Å². The Bertz CT molecular complexity index is 363. The Balaban J connectivity index is 3.02. The van der Waals surface area contributed by atoms with Crippen molar-refractivity contribution in [2.24, 2.45) is 0 Å². The molecule has 1 amide bonds. The van der Waals surface area contributed by atoms with Gasteiger partial charge in [0.25, 0.3) is 0 Å². The zero-order valence-corrected chi connectivity index (χ0v) is 9.11. The maximum absolute atomic E-state index is 11.0. The SMILES string of the molecule is CNC(=O)Oc1cc(C)cc(C)c1Cl. The lowest BCUT2D eigenvalue weighted by Crippen LogP contribution is -2.22. The molecule has 1 aromatic rings. The molecule has 0 aliphatic rings. The van der Waals surface area contributed by atoms with Crippen molar-refractivity contribution in [3.05, 3.63) is 28.3 Å². The van der Waals surface area contributed by atoms with E-state index in [1.54, 1.807) is 6.07 Å². The molecular formula is C10H12ClNO2. The predicted molar refractivity (Wildman–Crippen MR) is 56.0 cm³/mol. The van der Waals surface area contributed by atoms with Crippen LogP contribution >= 0.6 is 11.6 Å². The summed E-state index contributed by atoms with van der Waals surface area (Å²) < 4.78 is 4.97. The largest absolute Gasteiger partial charge is 0.412 e. The lowest BCUT2D eigenvalue weighted by Gasteiger charge is -2.08. The first-order valence-corrected chi connectivity index (χ1v) is 4.58. The van der Waals surface area contributed by atoms with Crippen molar-refractivity contribution >= 4 is 17.7 Å². The zero-order valence-electron chi connectivity index (χ0n) is 8.35. The highest BCUT2D eigenvalue weighted by molar-refractivity contribution is 6.32. The number of carbonyl (C=O) groups is 1. The second-order valence-electron chi connectivity index (χ2n) is 3.03. The van der Waals surface area contributed by atoms with Gasteiger partial charge in [-0.3, -0.25) is 0 Å². The van der Waals surface area contributed by atoms with Crippen LogP contribution in [-0.4, -0.2) is 13.1 Å². The van der Waals surface area contributed by atoms with E-state index in [1.165, 1.54) is 7.05 Å². The van der Waals surface area contributed by atoms with Crippen LogP contribution in [0.2, 0.25) is 5.02 Å². The minimum atomic E-state index is -0.517. The highest BCUT2D eigenvalue weighted by atomic mass is 35.5. The van der Waals surface area contributed by atoms with Gasteiger partial charge < -0.3 is 10.1 Å². The second-order valence-corrected chi connectivity index (χ2v) is 3.41. The molecule has 0 saturated heterocycles.